The van der Waals surface area contributed by atoms with Crippen molar-refractivity contribution < 1.29 is 19.8 Å². The molecule has 0 radical (unpaired) electrons. The molecular formula is C15H20O4. The molecule has 0 aliphatic rings. The fourth-order valence-corrected chi connectivity index (χ4v) is 2.39. The van der Waals surface area contributed by atoms with Gasteiger partial charge >= 0.3 is 11.9 Å². The summed E-state index contributed by atoms with van der Waals surface area (Å²) in [5, 5.41) is 17.9. The van der Waals surface area contributed by atoms with Crippen LogP contribution in [0.1, 0.15) is 35.1 Å². The van der Waals surface area contributed by atoms with E-state index in [2.05, 4.69) is 0 Å². The second-order valence-electron chi connectivity index (χ2n) is 5.05. The van der Waals surface area contributed by atoms with Crippen molar-refractivity contribution >= 4 is 11.9 Å². The number of carbonyl (C=O) groups is 2. The smallest absolute Gasteiger partial charge is 0.306 e. The number of aryl methyl sites for hydroxylation is 3. The Bertz CT molecular complexity index is 468. The quantitative estimate of drug-likeness (QED) is 0.828. The van der Waals surface area contributed by atoms with Crippen LogP contribution in [0.25, 0.3) is 0 Å². The fourth-order valence-electron chi connectivity index (χ4n) is 2.39. The van der Waals surface area contributed by atoms with Gasteiger partial charge in [0.25, 0.3) is 0 Å². The van der Waals surface area contributed by atoms with Crippen LogP contribution in [0.15, 0.2) is 12.1 Å². The number of hydrogen-bond donors (Lipinski definition) is 2. The number of hydrogen-bond acceptors (Lipinski definition) is 2. The lowest BCUT2D eigenvalue weighted by Crippen LogP contribution is -2.19. The number of carboxylic acids is 2. The Morgan fingerprint density at radius 1 is 1.11 bits per heavy atom. The summed E-state index contributed by atoms with van der Waals surface area (Å²) in [6.07, 6.45) is 0.443. The predicted molar refractivity (Wildman–Crippen MR) is 72.4 cm³/mol. The van der Waals surface area contributed by atoms with Crippen molar-refractivity contribution in [3.63, 3.8) is 0 Å². The third-order valence-electron chi connectivity index (χ3n) is 3.35. The molecule has 0 fully saturated rings. The number of benzene rings is 1. The fraction of sp³-hybridized carbons (Fsp3) is 0.467. The molecule has 1 atom stereocenters. The average Bonchev–Trinajstić information content (AvgIpc) is 2.25. The SMILES string of the molecule is Cc1cc(C)c(CC(CCC(=O)O)C(=O)O)c(C)c1. The molecule has 19 heavy (non-hydrogen) atoms. The molecule has 0 spiro atoms. The van der Waals surface area contributed by atoms with Gasteiger partial charge in [0.2, 0.25) is 0 Å². The molecule has 0 bridgehead atoms. The minimum atomic E-state index is -0.955. The summed E-state index contributed by atoms with van der Waals surface area (Å²) < 4.78 is 0. The minimum Gasteiger partial charge on any atom is -0.481 e. The van der Waals surface area contributed by atoms with Gasteiger partial charge in [-0.05, 0) is 50.3 Å². The highest BCUT2D eigenvalue weighted by molar-refractivity contribution is 5.72. The molecule has 1 unspecified atom stereocenters. The highest BCUT2D eigenvalue weighted by atomic mass is 16.4. The van der Waals surface area contributed by atoms with Crippen molar-refractivity contribution in [2.24, 2.45) is 5.92 Å². The van der Waals surface area contributed by atoms with Crippen molar-refractivity contribution in [2.75, 3.05) is 0 Å². The molecule has 1 aromatic rings. The molecule has 0 aromatic heterocycles. The van der Waals surface area contributed by atoms with Gasteiger partial charge in [0.1, 0.15) is 0 Å². The zero-order valence-corrected chi connectivity index (χ0v) is 11.6. The van der Waals surface area contributed by atoms with Gasteiger partial charge in [0.15, 0.2) is 0 Å². The van der Waals surface area contributed by atoms with E-state index in [4.69, 9.17) is 5.11 Å². The van der Waals surface area contributed by atoms with Crippen LogP contribution >= 0.6 is 0 Å². The van der Waals surface area contributed by atoms with Crippen molar-refractivity contribution in [3.8, 4) is 0 Å². The van der Waals surface area contributed by atoms with Gasteiger partial charge in [-0.15, -0.1) is 0 Å². The molecule has 2 N–H and O–H groups in total. The van der Waals surface area contributed by atoms with Crippen LogP contribution in [0.4, 0.5) is 0 Å². The molecule has 0 amide bonds. The van der Waals surface area contributed by atoms with Crippen molar-refractivity contribution in [3.05, 3.63) is 34.4 Å². The van der Waals surface area contributed by atoms with Crippen molar-refractivity contribution in [1.82, 2.24) is 0 Å². The first-order chi connectivity index (χ1) is 8.81. The van der Waals surface area contributed by atoms with E-state index < -0.39 is 17.9 Å². The third kappa shape index (κ3) is 4.39. The van der Waals surface area contributed by atoms with E-state index in [1.54, 1.807) is 0 Å². The normalized spacial score (nSPS) is 12.2. The molecule has 0 heterocycles. The molecule has 0 saturated carbocycles. The van der Waals surface area contributed by atoms with Gasteiger partial charge in [-0.1, -0.05) is 17.7 Å². The Hall–Kier alpha value is -1.84. The van der Waals surface area contributed by atoms with Gasteiger partial charge in [-0.25, -0.2) is 0 Å². The highest BCUT2D eigenvalue weighted by Gasteiger charge is 2.21. The van der Waals surface area contributed by atoms with E-state index >= 15 is 0 Å². The molecule has 4 nitrogen and oxygen atoms in total. The Kier molecular flexibility index (Phi) is 5.10. The van der Waals surface area contributed by atoms with Gasteiger partial charge < -0.3 is 10.2 Å². The predicted octanol–water partition coefficient (Wildman–Crippen LogP) is 2.72. The zero-order chi connectivity index (χ0) is 14.6. The van der Waals surface area contributed by atoms with Crippen molar-refractivity contribution in [1.29, 1.82) is 0 Å². The van der Waals surface area contributed by atoms with E-state index in [-0.39, 0.29) is 12.8 Å². The first-order valence-corrected chi connectivity index (χ1v) is 6.32. The van der Waals surface area contributed by atoms with Crippen LogP contribution in [0, 0.1) is 26.7 Å². The summed E-state index contributed by atoms with van der Waals surface area (Å²) in [7, 11) is 0. The summed E-state index contributed by atoms with van der Waals surface area (Å²) in [4.78, 5) is 21.8. The summed E-state index contributed by atoms with van der Waals surface area (Å²) in [6, 6.07) is 4.05. The van der Waals surface area contributed by atoms with E-state index in [9.17, 15) is 14.7 Å². The first-order valence-electron chi connectivity index (χ1n) is 6.32. The standard InChI is InChI=1S/C15H20O4/c1-9-6-10(2)13(11(3)7-9)8-12(15(18)19)4-5-14(16)17/h6-7,12H,4-5,8H2,1-3H3,(H,16,17)(H,18,19). The highest BCUT2D eigenvalue weighted by Crippen LogP contribution is 2.22. The van der Waals surface area contributed by atoms with Crippen LogP contribution in [0.5, 0.6) is 0 Å². The molecule has 1 aromatic carbocycles. The Labute approximate surface area is 113 Å². The van der Waals surface area contributed by atoms with E-state index in [1.165, 1.54) is 0 Å². The molecule has 0 aliphatic carbocycles. The van der Waals surface area contributed by atoms with Gasteiger partial charge in [0, 0.05) is 6.42 Å². The van der Waals surface area contributed by atoms with Crippen LogP contribution < -0.4 is 0 Å². The lowest BCUT2D eigenvalue weighted by Gasteiger charge is -2.16. The Morgan fingerprint density at radius 2 is 1.63 bits per heavy atom. The Morgan fingerprint density at radius 3 is 2.05 bits per heavy atom. The average molecular weight is 264 g/mol. The molecule has 104 valence electrons. The third-order valence-corrected chi connectivity index (χ3v) is 3.35. The number of aliphatic carboxylic acids is 2. The Balaban J connectivity index is 2.91. The number of rotatable bonds is 6. The minimum absolute atomic E-state index is 0.110. The summed E-state index contributed by atoms with van der Waals surface area (Å²) in [5.74, 6) is -2.53. The van der Waals surface area contributed by atoms with Gasteiger partial charge in [-0.3, -0.25) is 9.59 Å². The molecular weight excluding hydrogens is 244 g/mol. The molecule has 0 saturated heterocycles. The maximum Gasteiger partial charge on any atom is 0.306 e. The maximum absolute atomic E-state index is 11.2. The second-order valence-corrected chi connectivity index (χ2v) is 5.05. The van der Waals surface area contributed by atoms with E-state index in [0.29, 0.717) is 6.42 Å². The van der Waals surface area contributed by atoms with Crippen LogP contribution in [-0.4, -0.2) is 22.2 Å². The summed E-state index contributed by atoms with van der Waals surface area (Å²) in [6.45, 7) is 5.93. The molecule has 1 rings (SSSR count). The number of carboxylic acid groups (broad SMARTS) is 2. The van der Waals surface area contributed by atoms with Crippen LogP contribution in [0.3, 0.4) is 0 Å². The zero-order valence-electron chi connectivity index (χ0n) is 11.6. The topological polar surface area (TPSA) is 74.6 Å². The lowest BCUT2D eigenvalue weighted by molar-refractivity contribution is -0.142. The van der Waals surface area contributed by atoms with Crippen LogP contribution in [0.2, 0.25) is 0 Å². The summed E-state index contributed by atoms with van der Waals surface area (Å²) >= 11 is 0. The lowest BCUT2D eigenvalue weighted by atomic mass is 9.89. The van der Waals surface area contributed by atoms with E-state index in [1.807, 2.05) is 32.9 Å². The van der Waals surface area contributed by atoms with Gasteiger partial charge in [-0.2, -0.15) is 0 Å². The first kappa shape index (κ1) is 15.2. The van der Waals surface area contributed by atoms with Gasteiger partial charge in [0.05, 0.1) is 5.92 Å². The largest absolute Gasteiger partial charge is 0.481 e. The van der Waals surface area contributed by atoms with E-state index in [0.717, 1.165) is 22.3 Å². The maximum atomic E-state index is 11.2. The van der Waals surface area contributed by atoms with Crippen LogP contribution in [-0.2, 0) is 16.0 Å². The summed E-state index contributed by atoms with van der Waals surface area (Å²) in [5.41, 5.74) is 4.30. The molecule has 4 heteroatoms. The molecule has 0 aliphatic heterocycles. The van der Waals surface area contributed by atoms with Crippen molar-refractivity contribution in [2.45, 2.75) is 40.0 Å². The monoisotopic (exact) mass is 264 g/mol. The second kappa shape index (κ2) is 6.36.